The molecule has 0 aliphatic heterocycles. The van der Waals surface area contributed by atoms with Crippen molar-refractivity contribution in [3.63, 3.8) is 0 Å². The molecule has 6 heteroatoms. The lowest BCUT2D eigenvalue weighted by atomic mass is 9.77. The predicted molar refractivity (Wildman–Crippen MR) is 56.5 cm³/mol. The van der Waals surface area contributed by atoms with Crippen molar-refractivity contribution < 1.29 is 9.32 Å². The molecule has 1 aromatic rings. The Morgan fingerprint density at radius 3 is 2.88 bits per heavy atom. The van der Waals surface area contributed by atoms with E-state index in [4.69, 9.17) is 10.3 Å². The molecule has 0 aromatic carbocycles. The molecule has 0 spiro atoms. The number of nitrogens with two attached hydrogens (primary N) is 1. The minimum Gasteiger partial charge on any atom is -0.354 e. The molecule has 1 aromatic heterocycles. The van der Waals surface area contributed by atoms with Gasteiger partial charge in [0.05, 0.1) is 5.54 Å². The first-order chi connectivity index (χ1) is 7.60. The summed E-state index contributed by atoms with van der Waals surface area (Å²) in [5.41, 5.74) is 5.23. The largest absolute Gasteiger partial charge is 0.354 e. The number of hydrogen-bond acceptors (Lipinski definition) is 5. The van der Waals surface area contributed by atoms with Crippen molar-refractivity contribution in [1.82, 2.24) is 15.5 Å². The highest BCUT2D eigenvalue weighted by Gasteiger charge is 2.39. The number of aromatic nitrogens is 2. The molecule has 1 aliphatic carbocycles. The van der Waals surface area contributed by atoms with Gasteiger partial charge in [0, 0.05) is 13.0 Å². The van der Waals surface area contributed by atoms with Crippen LogP contribution in [0, 0.1) is 6.92 Å². The minimum atomic E-state index is -0.634. The van der Waals surface area contributed by atoms with E-state index >= 15 is 0 Å². The normalized spacial score (nSPS) is 17.9. The summed E-state index contributed by atoms with van der Waals surface area (Å²) >= 11 is 0. The van der Waals surface area contributed by atoms with E-state index in [1.54, 1.807) is 6.92 Å². The van der Waals surface area contributed by atoms with E-state index in [0.717, 1.165) is 19.3 Å². The second-order valence-electron chi connectivity index (χ2n) is 4.25. The van der Waals surface area contributed by atoms with Crippen molar-refractivity contribution in [3.8, 4) is 0 Å². The molecule has 6 nitrogen and oxygen atoms in total. The monoisotopic (exact) mass is 224 g/mol. The van der Waals surface area contributed by atoms with Gasteiger partial charge in [-0.1, -0.05) is 5.16 Å². The summed E-state index contributed by atoms with van der Waals surface area (Å²) in [7, 11) is 0. The van der Waals surface area contributed by atoms with E-state index < -0.39 is 5.54 Å². The molecule has 0 unspecified atom stereocenters. The highest BCUT2D eigenvalue weighted by atomic mass is 16.5. The fourth-order valence-corrected chi connectivity index (χ4v) is 1.69. The van der Waals surface area contributed by atoms with Crippen LogP contribution in [0.3, 0.4) is 0 Å². The molecule has 1 amide bonds. The van der Waals surface area contributed by atoms with Gasteiger partial charge < -0.3 is 15.6 Å². The van der Waals surface area contributed by atoms with Gasteiger partial charge in [0.2, 0.25) is 11.8 Å². The minimum absolute atomic E-state index is 0.0741. The average molecular weight is 224 g/mol. The van der Waals surface area contributed by atoms with Crippen LogP contribution < -0.4 is 11.1 Å². The van der Waals surface area contributed by atoms with Gasteiger partial charge in [0.15, 0.2) is 5.82 Å². The summed E-state index contributed by atoms with van der Waals surface area (Å²) in [6, 6.07) is 0. The van der Waals surface area contributed by atoms with Gasteiger partial charge in [0.25, 0.3) is 0 Å². The number of rotatable bonds is 4. The molecule has 0 radical (unpaired) electrons. The molecule has 1 fully saturated rings. The third-order valence-electron chi connectivity index (χ3n) is 2.89. The summed E-state index contributed by atoms with van der Waals surface area (Å²) < 4.78 is 4.93. The number of hydrogen-bond donors (Lipinski definition) is 2. The maximum absolute atomic E-state index is 11.6. The quantitative estimate of drug-likeness (QED) is 0.746. The van der Waals surface area contributed by atoms with Gasteiger partial charge in [-0.2, -0.15) is 4.98 Å². The second-order valence-corrected chi connectivity index (χ2v) is 4.25. The summed E-state index contributed by atoms with van der Waals surface area (Å²) in [5.74, 6) is 1.07. The molecule has 1 aliphatic rings. The predicted octanol–water partition coefficient (Wildman–Crippen LogP) is -0.0819. The van der Waals surface area contributed by atoms with E-state index in [2.05, 4.69) is 15.5 Å². The molecular formula is C10H16N4O2. The first-order valence-corrected chi connectivity index (χ1v) is 5.46. The van der Waals surface area contributed by atoms with Gasteiger partial charge >= 0.3 is 0 Å². The zero-order valence-electron chi connectivity index (χ0n) is 9.32. The number of aryl methyl sites for hydroxylation is 1. The van der Waals surface area contributed by atoms with Crippen molar-refractivity contribution in [2.24, 2.45) is 5.73 Å². The van der Waals surface area contributed by atoms with Crippen LogP contribution in [0.5, 0.6) is 0 Å². The van der Waals surface area contributed by atoms with E-state index in [0.29, 0.717) is 24.7 Å². The van der Waals surface area contributed by atoms with Crippen LogP contribution in [0.4, 0.5) is 0 Å². The maximum Gasteiger partial charge on any atom is 0.240 e. The summed E-state index contributed by atoms with van der Waals surface area (Å²) in [5, 5.41) is 6.46. The average Bonchev–Trinajstić information content (AvgIpc) is 2.60. The zero-order chi connectivity index (χ0) is 11.6. The Balaban J connectivity index is 1.74. The zero-order valence-corrected chi connectivity index (χ0v) is 9.32. The fraction of sp³-hybridized carbons (Fsp3) is 0.700. The Labute approximate surface area is 93.6 Å². The van der Waals surface area contributed by atoms with Crippen LogP contribution in [-0.2, 0) is 11.2 Å². The first kappa shape index (κ1) is 11.1. The molecule has 2 rings (SSSR count). The van der Waals surface area contributed by atoms with Crippen LogP contribution in [0.15, 0.2) is 4.52 Å². The van der Waals surface area contributed by atoms with Crippen molar-refractivity contribution in [1.29, 1.82) is 0 Å². The highest BCUT2D eigenvalue weighted by Crippen LogP contribution is 2.28. The Kier molecular flexibility index (Phi) is 2.91. The SMILES string of the molecule is Cc1noc(CCNC(=O)C2(N)CCC2)n1. The van der Waals surface area contributed by atoms with Gasteiger partial charge in [0.1, 0.15) is 0 Å². The fourth-order valence-electron chi connectivity index (χ4n) is 1.69. The second kappa shape index (κ2) is 4.21. The van der Waals surface area contributed by atoms with Gasteiger partial charge in [-0.3, -0.25) is 4.79 Å². The molecular weight excluding hydrogens is 208 g/mol. The van der Waals surface area contributed by atoms with Gasteiger partial charge in [-0.05, 0) is 26.2 Å². The smallest absolute Gasteiger partial charge is 0.240 e. The Bertz CT molecular complexity index is 384. The molecule has 16 heavy (non-hydrogen) atoms. The molecule has 0 bridgehead atoms. The summed E-state index contributed by atoms with van der Waals surface area (Å²) in [6.45, 7) is 2.24. The van der Waals surface area contributed by atoms with E-state index in [1.165, 1.54) is 0 Å². The van der Waals surface area contributed by atoms with Crippen molar-refractivity contribution in [2.45, 2.75) is 38.1 Å². The lowest BCUT2D eigenvalue weighted by molar-refractivity contribution is -0.129. The van der Waals surface area contributed by atoms with Gasteiger partial charge in [-0.25, -0.2) is 0 Å². The third-order valence-corrected chi connectivity index (χ3v) is 2.89. The van der Waals surface area contributed by atoms with Crippen LogP contribution in [0.2, 0.25) is 0 Å². The number of nitrogens with zero attached hydrogens (tertiary/aromatic N) is 2. The summed E-state index contributed by atoms with van der Waals surface area (Å²) in [6.07, 6.45) is 3.13. The van der Waals surface area contributed by atoms with Crippen molar-refractivity contribution in [3.05, 3.63) is 11.7 Å². The standard InChI is InChI=1S/C10H16N4O2/c1-7-13-8(16-14-7)3-6-12-9(15)10(11)4-2-5-10/h2-6,11H2,1H3,(H,12,15). The maximum atomic E-state index is 11.6. The molecule has 0 atom stereocenters. The van der Waals surface area contributed by atoms with Crippen LogP contribution >= 0.6 is 0 Å². The Morgan fingerprint density at radius 2 is 2.38 bits per heavy atom. The molecule has 1 heterocycles. The van der Waals surface area contributed by atoms with Crippen LogP contribution in [0.25, 0.3) is 0 Å². The number of nitrogens with one attached hydrogen (secondary N) is 1. The lowest BCUT2D eigenvalue weighted by Crippen LogP contribution is -2.58. The number of carbonyl (C=O) groups excluding carboxylic acids is 1. The van der Waals surface area contributed by atoms with Crippen molar-refractivity contribution >= 4 is 5.91 Å². The van der Waals surface area contributed by atoms with E-state index in [9.17, 15) is 4.79 Å². The Hall–Kier alpha value is -1.43. The van der Waals surface area contributed by atoms with Crippen LogP contribution in [-0.4, -0.2) is 28.1 Å². The van der Waals surface area contributed by atoms with Crippen LogP contribution in [0.1, 0.15) is 31.0 Å². The highest BCUT2D eigenvalue weighted by molar-refractivity contribution is 5.86. The topological polar surface area (TPSA) is 94.0 Å². The number of amides is 1. The molecule has 1 saturated carbocycles. The molecule has 88 valence electrons. The van der Waals surface area contributed by atoms with E-state index in [-0.39, 0.29) is 5.91 Å². The number of carbonyl (C=O) groups is 1. The summed E-state index contributed by atoms with van der Waals surface area (Å²) in [4.78, 5) is 15.7. The van der Waals surface area contributed by atoms with Gasteiger partial charge in [-0.15, -0.1) is 0 Å². The van der Waals surface area contributed by atoms with Crippen molar-refractivity contribution in [2.75, 3.05) is 6.54 Å². The molecule has 3 N–H and O–H groups in total. The molecule has 0 saturated heterocycles. The Morgan fingerprint density at radius 1 is 1.62 bits per heavy atom. The lowest BCUT2D eigenvalue weighted by Gasteiger charge is -2.36. The first-order valence-electron chi connectivity index (χ1n) is 5.46. The third kappa shape index (κ3) is 2.21. The van der Waals surface area contributed by atoms with E-state index in [1.807, 2.05) is 0 Å².